The Kier molecular flexibility index (Phi) is 7.97. The highest BCUT2D eigenvalue weighted by atomic mass is 16.6. The molecular formula is C22H31N3O5. The number of hydrogen-bond acceptors (Lipinski definition) is 5. The summed E-state index contributed by atoms with van der Waals surface area (Å²) in [6.45, 7) is 8.67. The molecule has 0 unspecified atom stereocenters. The number of piperazine rings is 1. The van der Waals surface area contributed by atoms with Gasteiger partial charge in [0.25, 0.3) is 0 Å². The molecule has 0 bridgehead atoms. The van der Waals surface area contributed by atoms with Gasteiger partial charge in [-0.1, -0.05) is 29.8 Å². The molecule has 1 aromatic rings. The Labute approximate surface area is 177 Å². The molecule has 0 aromatic heterocycles. The van der Waals surface area contributed by atoms with E-state index in [1.54, 1.807) is 42.7 Å². The standard InChI is InChI=1S/C22H31N3O5/c1-16-5-7-17(8-6-16)18(26)9-10-19(27)24-11-13-25(14-12-24)20(28)15-23-21(29)30-22(2,3)4/h5-8H,9-15H2,1-4H3,(H,23,29). The summed E-state index contributed by atoms with van der Waals surface area (Å²) < 4.78 is 5.11. The summed E-state index contributed by atoms with van der Waals surface area (Å²) in [5.41, 5.74) is 1.07. The number of nitrogens with one attached hydrogen (secondary N) is 1. The predicted molar refractivity (Wildman–Crippen MR) is 112 cm³/mol. The first-order chi connectivity index (χ1) is 14.0. The van der Waals surface area contributed by atoms with E-state index in [4.69, 9.17) is 4.74 Å². The van der Waals surface area contributed by atoms with Crippen LogP contribution in [0.2, 0.25) is 0 Å². The Morgan fingerprint density at radius 1 is 0.900 bits per heavy atom. The number of rotatable bonds is 6. The highest BCUT2D eigenvalue weighted by molar-refractivity contribution is 5.98. The van der Waals surface area contributed by atoms with Crippen molar-refractivity contribution in [3.8, 4) is 0 Å². The third-order valence-corrected chi connectivity index (χ3v) is 4.71. The number of aryl methyl sites for hydroxylation is 1. The SMILES string of the molecule is Cc1ccc(C(=O)CCC(=O)N2CCN(C(=O)CNC(=O)OC(C)(C)C)CC2)cc1. The van der Waals surface area contributed by atoms with Crippen LogP contribution in [0.25, 0.3) is 0 Å². The Morgan fingerprint density at radius 3 is 1.97 bits per heavy atom. The Balaban J connectivity index is 1.70. The molecule has 1 aliphatic rings. The highest BCUT2D eigenvalue weighted by Gasteiger charge is 2.25. The molecular weight excluding hydrogens is 386 g/mol. The first kappa shape index (κ1) is 23.4. The minimum Gasteiger partial charge on any atom is -0.444 e. The molecule has 8 heteroatoms. The number of nitrogens with zero attached hydrogens (tertiary/aromatic N) is 2. The first-order valence-electron chi connectivity index (χ1n) is 10.2. The van der Waals surface area contributed by atoms with Gasteiger partial charge in [0, 0.05) is 44.6 Å². The number of benzene rings is 1. The van der Waals surface area contributed by atoms with Crippen LogP contribution < -0.4 is 5.32 Å². The number of Topliss-reactive ketones (excluding diaryl/α,β-unsaturated/α-hetero) is 1. The number of ether oxygens (including phenoxy) is 1. The Morgan fingerprint density at radius 2 is 1.43 bits per heavy atom. The fraction of sp³-hybridized carbons (Fsp3) is 0.545. The van der Waals surface area contributed by atoms with Gasteiger partial charge in [-0.15, -0.1) is 0 Å². The van der Waals surface area contributed by atoms with Gasteiger partial charge < -0.3 is 19.9 Å². The van der Waals surface area contributed by atoms with E-state index in [1.807, 2.05) is 19.1 Å². The molecule has 30 heavy (non-hydrogen) atoms. The quantitative estimate of drug-likeness (QED) is 0.716. The molecule has 1 N–H and O–H groups in total. The lowest BCUT2D eigenvalue weighted by atomic mass is 10.0. The maximum absolute atomic E-state index is 12.4. The average molecular weight is 418 g/mol. The lowest BCUT2D eigenvalue weighted by Crippen LogP contribution is -2.52. The van der Waals surface area contributed by atoms with E-state index in [0.717, 1.165) is 5.56 Å². The topological polar surface area (TPSA) is 96.0 Å². The van der Waals surface area contributed by atoms with Gasteiger partial charge in [0.05, 0.1) is 0 Å². The van der Waals surface area contributed by atoms with Crippen LogP contribution in [0.3, 0.4) is 0 Å². The van der Waals surface area contributed by atoms with Crippen molar-refractivity contribution in [1.82, 2.24) is 15.1 Å². The van der Waals surface area contributed by atoms with Crippen molar-refractivity contribution >= 4 is 23.7 Å². The summed E-state index contributed by atoms with van der Waals surface area (Å²) >= 11 is 0. The van der Waals surface area contributed by atoms with Crippen LogP contribution in [0.15, 0.2) is 24.3 Å². The lowest BCUT2D eigenvalue weighted by Gasteiger charge is -2.35. The summed E-state index contributed by atoms with van der Waals surface area (Å²) in [6.07, 6.45) is -0.315. The maximum atomic E-state index is 12.4. The molecule has 0 aliphatic carbocycles. The zero-order valence-corrected chi connectivity index (χ0v) is 18.2. The van der Waals surface area contributed by atoms with Crippen LogP contribution in [-0.4, -0.2) is 71.8 Å². The molecule has 2 rings (SSSR count). The second-order valence-electron chi connectivity index (χ2n) is 8.41. The van der Waals surface area contributed by atoms with Gasteiger partial charge in [0.1, 0.15) is 12.1 Å². The molecule has 3 amide bonds. The second-order valence-corrected chi connectivity index (χ2v) is 8.41. The van der Waals surface area contributed by atoms with Gasteiger partial charge in [-0.05, 0) is 27.7 Å². The second kappa shape index (κ2) is 10.2. The Bertz CT molecular complexity index is 775. The molecule has 1 fully saturated rings. The van der Waals surface area contributed by atoms with Crippen molar-refractivity contribution in [2.45, 2.75) is 46.1 Å². The van der Waals surface area contributed by atoms with Crippen LogP contribution in [0, 0.1) is 6.92 Å². The minimum absolute atomic E-state index is 0.0506. The fourth-order valence-electron chi connectivity index (χ4n) is 3.04. The van der Waals surface area contributed by atoms with Crippen molar-refractivity contribution in [3.63, 3.8) is 0 Å². The van der Waals surface area contributed by atoms with Crippen LogP contribution in [0.5, 0.6) is 0 Å². The third kappa shape index (κ3) is 7.50. The summed E-state index contributed by atoms with van der Waals surface area (Å²) in [6, 6.07) is 7.31. The van der Waals surface area contributed by atoms with Gasteiger partial charge in [-0.3, -0.25) is 14.4 Å². The van der Waals surface area contributed by atoms with Crippen molar-refractivity contribution in [3.05, 3.63) is 35.4 Å². The highest BCUT2D eigenvalue weighted by Crippen LogP contribution is 2.11. The first-order valence-corrected chi connectivity index (χ1v) is 10.2. The number of amides is 3. The molecule has 1 heterocycles. The molecule has 164 valence electrons. The maximum Gasteiger partial charge on any atom is 0.408 e. The van der Waals surface area contributed by atoms with E-state index in [-0.39, 0.29) is 37.0 Å². The van der Waals surface area contributed by atoms with Crippen molar-refractivity contribution < 1.29 is 23.9 Å². The number of carbonyl (C=O) groups excluding carboxylic acids is 4. The van der Waals surface area contributed by atoms with Crippen molar-refractivity contribution in [2.75, 3.05) is 32.7 Å². The molecule has 0 atom stereocenters. The zero-order valence-electron chi connectivity index (χ0n) is 18.2. The third-order valence-electron chi connectivity index (χ3n) is 4.71. The lowest BCUT2D eigenvalue weighted by molar-refractivity contribution is -0.139. The summed E-state index contributed by atoms with van der Waals surface area (Å²) in [4.78, 5) is 51.8. The van der Waals surface area contributed by atoms with Gasteiger partial charge in [-0.2, -0.15) is 0 Å². The van der Waals surface area contributed by atoms with E-state index < -0.39 is 11.7 Å². The molecule has 8 nitrogen and oxygen atoms in total. The van der Waals surface area contributed by atoms with Crippen LogP contribution in [0.1, 0.15) is 49.5 Å². The van der Waals surface area contributed by atoms with E-state index in [9.17, 15) is 19.2 Å². The van der Waals surface area contributed by atoms with Gasteiger partial charge >= 0.3 is 6.09 Å². The number of hydrogen-bond donors (Lipinski definition) is 1. The van der Waals surface area contributed by atoms with E-state index >= 15 is 0 Å². The number of alkyl carbamates (subject to hydrolysis) is 1. The molecule has 1 aliphatic heterocycles. The van der Waals surface area contributed by atoms with Crippen LogP contribution in [-0.2, 0) is 14.3 Å². The predicted octanol–water partition coefficient (Wildman–Crippen LogP) is 2.15. The van der Waals surface area contributed by atoms with E-state index in [1.165, 1.54) is 0 Å². The van der Waals surface area contributed by atoms with Gasteiger partial charge in [0.2, 0.25) is 11.8 Å². The normalized spacial score (nSPS) is 14.3. The largest absolute Gasteiger partial charge is 0.444 e. The Hall–Kier alpha value is -2.90. The molecule has 0 spiro atoms. The monoisotopic (exact) mass is 417 g/mol. The number of carbonyl (C=O) groups is 4. The smallest absolute Gasteiger partial charge is 0.408 e. The minimum atomic E-state index is -0.636. The van der Waals surface area contributed by atoms with E-state index in [2.05, 4.69) is 5.32 Å². The average Bonchev–Trinajstić information content (AvgIpc) is 2.69. The van der Waals surface area contributed by atoms with Crippen molar-refractivity contribution in [1.29, 1.82) is 0 Å². The zero-order chi connectivity index (χ0) is 22.3. The molecule has 1 aromatic carbocycles. The summed E-state index contributed by atoms with van der Waals surface area (Å²) in [5.74, 6) is -0.359. The van der Waals surface area contributed by atoms with Gasteiger partial charge in [0.15, 0.2) is 5.78 Å². The summed E-state index contributed by atoms with van der Waals surface area (Å²) in [7, 11) is 0. The van der Waals surface area contributed by atoms with E-state index in [0.29, 0.717) is 31.7 Å². The van der Waals surface area contributed by atoms with Crippen molar-refractivity contribution in [2.24, 2.45) is 0 Å². The summed E-state index contributed by atoms with van der Waals surface area (Å²) in [5, 5.41) is 2.45. The fourth-order valence-corrected chi connectivity index (χ4v) is 3.04. The molecule has 0 radical (unpaired) electrons. The molecule has 1 saturated heterocycles. The van der Waals surface area contributed by atoms with Crippen LogP contribution in [0.4, 0.5) is 4.79 Å². The van der Waals surface area contributed by atoms with Gasteiger partial charge in [-0.25, -0.2) is 4.79 Å². The molecule has 0 saturated carbocycles. The number of ketones is 1. The van der Waals surface area contributed by atoms with Crippen LogP contribution >= 0.6 is 0 Å².